The highest BCUT2D eigenvalue weighted by Crippen LogP contribution is 2.48. The molecule has 7 aromatic rings. The van der Waals surface area contributed by atoms with Crippen molar-refractivity contribution in [2.45, 2.75) is 13.8 Å². The largest absolute Gasteiger partial charge is 0.0991 e. The summed E-state index contributed by atoms with van der Waals surface area (Å²) in [7, 11) is 0. The molecule has 48 heavy (non-hydrogen) atoms. The Bertz CT molecular complexity index is 2300. The minimum absolute atomic E-state index is 1.23. The van der Waals surface area contributed by atoms with Crippen molar-refractivity contribution in [1.29, 1.82) is 0 Å². The molecule has 0 heteroatoms. The van der Waals surface area contributed by atoms with E-state index in [0.717, 1.165) is 0 Å². The Morgan fingerprint density at radius 3 is 1.44 bits per heavy atom. The Hall–Kier alpha value is -5.98. The van der Waals surface area contributed by atoms with Crippen LogP contribution >= 0.6 is 0 Å². The van der Waals surface area contributed by atoms with Crippen LogP contribution in [0.4, 0.5) is 0 Å². The molecule has 0 saturated heterocycles. The van der Waals surface area contributed by atoms with E-state index in [4.69, 9.17) is 0 Å². The standard InChI is InChI=1S/C38H24.C6H10.C4H6/c1-2-9-26-20-31(19-18-25(26)8-1)29-12-5-10-27(21-29)28-11-6-13-30(22-28)33-23-32-14-7-17-36-34-15-3-4-16-35(34)37(24-33)38(32)36;1-4-5-6(2)3;1-3-4-2/h1-24H;4-5H,1H2,2-3H3;3-4H,1-2H2. The first kappa shape index (κ1) is 32.0. The monoisotopic (exact) mass is 616 g/mol. The number of hydrogen-bond acceptors (Lipinski definition) is 0. The molecule has 0 saturated carbocycles. The second-order valence-corrected chi connectivity index (χ2v) is 12.1. The van der Waals surface area contributed by atoms with Crippen molar-refractivity contribution in [2.24, 2.45) is 0 Å². The summed E-state index contributed by atoms with van der Waals surface area (Å²) in [5, 5.41) is 5.21. The SMILES string of the molecule is C=CC=C.C=CC=C(C)C.c1cc(-c2cccc(-c3cc4c5c(cccc5c3)-c3ccccc3-4)c2)cc(-c2ccc3ccccc3c2)c1. The summed E-state index contributed by atoms with van der Waals surface area (Å²) in [6.07, 6.45) is 7.04. The van der Waals surface area contributed by atoms with Gasteiger partial charge in [-0.25, -0.2) is 0 Å². The van der Waals surface area contributed by atoms with E-state index in [1.54, 1.807) is 18.2 Å². The molecule has 0 unspecified atom stereocenters. The summed E-state index contributed by atoms with van der Waals surface area (Å²) in [5.74, 6) is 0. The molecule has 0 amide bonds. The predicted octanol–water partition coefficient (Wildman–Crippen LogP) is 14.1. The fraction of sp³-hybridized carbons (Fsp3) is 0.0417. The summed E-state index contributed by atoms with van der Waals surface area (Å²) in [5.41, 5.74) is 14.1. The summed E-state index contributed by atoms with van der Waals surface area (Å²) >= 11 is 0. The van der Waals surface area contributed by atoms with Crippen LogP contribution in [-0.4, -0.2) is 0 Å². The van der Waals surface area contributed by atoms with Crippen molar-refractivity contribution in [3.8, 4) is 55.6 Å². The quantitative estimate of drug-likeness (QED) is 0.169. The molecule has 1 aliphatic carbocycles. The van der Waals surface area contributed by atoms with E-state index in [9.17, 15) is 0 Å². The van der Waals surface area contributed by atoms with Crippen molar-refractivity contribution in [3.05, 3.63) is 195 Å². The molecule has 0 spiro atoms. The molecule has 0 atom stereocenters. The molecule has 0 aromatic heterocycles. The number of rotatable bonds is 5. The smallest absolute Gasteiger partial charge is 0.00259 e. The molecule has 0 radical (unpaired) electrons. The van der Waals surface area contributed by atoms with Gasteiger partial charge in [0.15, 0.2) is 0 Å². The Morgan fingerprint density at radius 1 is 0.375 bits per heavy atom. The lowest BCUT2D eigenvalue weighted by molar-refractivity contribution is 1.40. The van der Waals surface area contributed by atoms with Gasteiger partial charge in [-0.15, -0.1) is 0 Å². The van der Waals surface area contributed by atoms with E-state index in [2.05, 4.69) is 165 Å². The molecule has 0 heterocycles. The number of fused-ring (bicyclic) bond motifs is 4. The maximum absolute atomic E-state index is 3.52. The third-order valence-corrected chi connectivity index (χ3v) is 8.58. The highest BCUT2D eigenvalue weighted by atomic mass is 14.2. The summed E-state index contributed by atoms with van der Waals surface area (Å²) in [4.78, 5) is 0. The van der Waals surface area contributed by atoms with Gasteiger partial charge in [0.05, 0.1) is 0 Å². The summed E-state index contributed by atoms with van der Waals surface area (Å²) in [6, 6.07) is 53.3. The molecule has 7 aromatic carbocycles. The lowest BCUT2D eigenvalue weighted by Crippen LogP contribution is -1.85. The fourth-order valence-corrected chi connectivity index (χ4v) is 6.35. The zero-order valence-corrected chi connectivity index (χ0v) is 27.8. The normalized spacial score (nSPS) is 10.5. The zero-order valence-electron chi connectivity index (χ0n) is 27.8. The van der Waals surface area contributed by atoms with Crippen LogP contribution in [0.2, 0.25) is 0 Å². The average Bonchev–Trinajstić information content (AvgIpc) is 3.46. The molecule has 8 rings (SSSR count). The number of hydrogen-bond donors (Lipinski definition) is 0. The van der Waals surface area contributed by atoms with Gasteiger partial charge in [0.1, 0.15) is 0 Å². The van der Waals surface area contributed by atoms with Crippen LogP contribution in [0.5, 0.6) is 0 Å². The van der Waals surface area contributed by atoms with Crippen LogP contribution in [0.3, 0.4) is 0 Å². The Morgan fingerprint density at radius 2 is 0.854 bits per heavy atom. The van der Waals surface area contributed by atoms with E-state index in [1.165, 1.54) is 82.8 Å². The third kappa shape index (κ3) is 6.75. The lowest BCUT2D eigenvalue weighted by atomic mass is 9.93. The first-order valence-corrected chi connectivity index (χ1v) is 16.4. The van der Waals surface area contributed by atoms with E-state index < -0.39 is 0 Å². The van der Waals surface area contributed by atoms with E-state index >= 15 is 0 Å². The van der Waals surface area contributed by atoms with Gasteiger partial charge in [0.25, 0.3) is 0 Å². The number of allylic oxidation sites excluding steroid dienone is 5. The summed E-state index contributed by atoms with van der Waals surface area (Å²) in [6.45, 7) is 14.3. The van der Waals surface area contributed by atoms with Crippen molar-refractivity contribution in [1.82, 2.24) is 0 Å². The van der Waals surface area contributed by atoms with E-state index in [-0.39, 0.29) is 0 Å². The van der Waals surface area contributed by atoms with Gasteiger partial charge in [-0.2, -0.15) is 0 Å². The first-order valence-electron chi connectivity index (χ1n) is 16.4. The molecular formula is C48H40. The second-order valence-electron chi connectivity index (χ2n) is 12.1. The Kier molecular flexibility index (Phi) is 9.75. The van der Waals surface area contributed by atoms with Crippen LogP contribution in [0.1, 0.15) is 13.8 Å². The molecule has 0 fully saturated rings. The predicted molar refractivity (Wildman–Crippen MR) is 212 cm³/mol. The molecule has 0 N–H and O–H groups in total. The first-order chi connectivity index (χ1) is 23.5. The molecule has 1 aliphatic rings. The van der Waals surface area contributed by atoms with Crippen LogP contribution < -0.4 is 0 Å². The molecule has 232 valence electrons. The van der Waals surface area contributed by atoms with Gasteiger partial charge in [0.2, 0.25) is 0 Å². The van der Waals surface area contributed by atoms with Crippen LogP contribution in [0.25, 0.3) is 77.2 Å². The lowest BCUT2D eigenvalue weighted by Gasteiger charge is -2.11. The fourth-order valence-electron chi connectivity index (χ4n) is 6.35. The third-order valence-electron chi connectivity index (χ3n) is 8.58. The van der Waals surface area contributed by atoms with Crippen molar-refractivity contribution in [3.63, 3.8) is 0 Å². The summed E-state index contributed by atoms with van der Waals surface area (Å²) < 4.78 is 0. The zero-order chi connectivity index (χ0) is 33.5. The average molecular weight is 617 g/mol. The highest BCUT2D eigenvalue weighted by molar-refractivity contribution is 6.16. The highest BCUT2D eigenvalue weighted by Gasteiger charge is 2.21. The second kappa shape index (κ2) is 14.6. The Labute approximate surface area is 285 Å². The molecular weight excluding hydrogens is 577 g/mol. The maximum Gasteiger partial charge on any atom is -0.00259 e. The topological polar surface area (TPSA) is 0 Å². The maximum atomic E-state index is 3.52. The van der Waals surface area contributed by atoms with Crippen LogP contribution in [0, 0.1) is 0 Å². The van der Waals surface area contributed by atoms with Crippen molar-refractivity contribution in [2.75, 3.05) is 0 Å². The molecule has 0 bridgehead atoms. The van der Waals surface area contributed by atoms with E-state index in [0.29, 0.717) is 0 Å². The van der Waals surface area contributed by atoms with Crippen LogP contribution in [-0.2, 0) is 0 Å². The van der Waals surface area contributed by atoms with Crippen molar-refractivity contribution < 1.29 is 0 Å². The van der Waals surface area contributed by atoms with Gasteiger partial charge in [-0.05, 0) is 121 Å². The van der Waals surface area contributed by atoms with Gasteiger partial charge in [0, 0.05) is 0 Å². The number of benzene rings is 7. The van der Waals surface area contributed by atoms with Crippen molar-refractivity contribution >= 4 is 21.5 Å². The van der Waals surface area contributed by atoms with Gasteiger partial charge in [-0.1, -0.05) is 165 Å². The minimum atomic E-state index is 1.23. The minimum Gasteiger partial charge on any atom is -0.0991 e. The van der Waals surface area contributed by atoms with E-state index in [1.807, 2.05) is 19.9 Å². The molecule has 0 aliphatic heterocycles. The molecule has 0 nitrogen and oxygen atoms in total. The van der Waals surface area contributed by atoms with Gasteiger partial charge >= 0.3 is 0 Å². The Balaban J connectivity index is 0.000000355. The van der Waals surface area contributed by atoms with Crippen LogP contribution in [0.15, 0.2) is 195 Å². The van der Waals surface area contributed by atoms with Gasteiger partial charge in [-0.3, -0.25) is 0 Å². The van der Waals surface area contributed by atoms with Gasteiger partial charge < -0.3 is 0 Å².